The van der Waals surface area contributed by atoms with E-state index in [1.165, 1.54) is 4.90 Å². The van der Waals surface area contributed by atoms with Gasteiger partial charge in [0.15, 0.2) is 0 Å². The molecule has 8 heteroatoms. The van der Waals surface area contributed by atoms with Crippen molar-refractivity contribution < 1.29 is 24.2 Å². The number of ether oxygens (including phenoxy) is 1. The zero-order chi connectivity index (χ0) is 15.2. The van der Waals surface area contributed by atoms with Crippen molar-refractivity contribution in [2.75, 3.05) is 26.3 Å². The number of morpholine rings is 1. The van der Waals surface area contributed by atoms with Crippen LogP contribution in [0.5, 0.6) is 0 Å². The van der Waals surface area contributed by atoms with E-state index in [4.69, 9.17) is 9.84 Å². The van der Waals surface area contributed by atoms with Gasteiger partial charge < -0.3 is 25.4 Å². The smallest absolute Gasteiger partial charge is 0.318 e. The molecular weight excluding hydrogens is 278 g/mol. The molecule has 118 valence electrons. The average Bonchev–Trinajstić information content (AvgIpc) is 3.27. The van der Waals surface area contributed by atoms with Crippen molar-refractivity contribution in [3.63, 3.8) is 0 Å². The van der Waals surface area contributed by atoms with Crippen LogP contribution in [0.25, 0.3) is 0 Å². The Balaban J connectivity index is 1.80. The van der Waals surface area contributed by atoms with Crippen LogP contribution in [0.4, 0.5) is 4.79 Å². The van der Waals surface area contributed by atoms with Crippen molar-refractivity contribution in [2.24, 2.45) is 0 Å². The molecule has 0 aromatic rings. The number of rotatable bonds is 6. The summed E-state index contributed by atoms with van der Waals surface area (Å²) in [7, 11) is 0. The first-order chi connectivity index (χ1) is 10.1. The van der Waals surface area contributed by atoms with Crippen molar-refractivity contribution in [2.45, 2.75) is 37.8 Å². The number of amides is 3. The van der Waals surface area contributed by atoms with Crippen LogP contribution in [0.2, 0.25) is 0 Å². The maximum Gasteiger partial charge on any atom is 0.318 e. The molecule has 1 heterocycles. The van der Waals surface area contributed by atoms with E-state index >= 15 is 0 Å². The zero-order valence-electron chi connectivity index (χ0n) is 11.8. The Kier molecular flexibility index (Phi) is 5.38. The minimum Gasteiger partial charge on any atom is -0.481 e. The van der Waals surface area contributed by atoms with Crippen LogP contribution in [0, 0.1) is 0 Å². The molecule has 0 bridgehead atoms. The van der Waals surface area contributed by atoms with Crippen molar-refractivity contribution >= 4 is 17.9 Å². The molecule has 1 aliphatic heterocycles. The summed E-state index contributed by atoms with van der Waals surface area (Å²) in [5.41, 5.74) is 0. The first kappa shape index (κ1) is 15.6. The van der Waals surface area contributed by atoms with E-state index < -0.39 is 12.0 Å². The molecule has 0 aromatic carbocycles. The van der Waals surface area contributed by atoms with Crippen molar-refractivity contribution in [3.8, 4) is 0 Å². The van der Waals surface area contributed by atoms with Crippen molar-refractivity contribution in [1.29, 1.82) is 0 Å². The molecule has 8 nitrogen and oxygen atoms in total. The van der Waals surface area contributed by atoms with Gasteiger partial charge in [-0.2, -0.15) is 0 Å². The number of nitrogens with one attached hydrogen (secondary N) is 2. The van der Waals surface area contributed by atoms with Gasteiger partial charge in [-0.1, -0.05) is 0 Å². The highest BCUT2D eigenvalue weighted by Crippen LogP contribution is 2.19. The van der Waals surface area contributed by atoms with E-state index in [0.717, 1.165) is 12.8 Å². The Hall–Kier alpha value is -1.83. The number of aliphatic carboxylic acids is 1. The lowest BCUT2D eigenvalue weighted by atomic mass is 10.2. The van der Waals surface area contributed by atoms with Gasteiger partial charge in [-0.15, -0.1) is 0 Å². The van der Waals surface area contributed by atoms with E-state index in [2.05, 4.69) is 10.6 Å². The fourth-order valence-corrected chi connectivity index (χ4v) is 2.13. The molecule has 1 aliphatic carbocycles. The topological polar surface area (TPSA) is 108 Å². The number of carboxylic acids is 1. The fourth-order valence-electron chi connectivity index (χ4n) is 2.13. The van der Waals surface area contributed by atoms with E-state index in [-0.39, 0.29) is 37.6 Å². The van der Waals surface area contributed by atoms with Gasteiger partial charge in [0, 0.05) is 25.6 Å². The first-order valence-corrected chi connectivity index (χ1v) is 7.22. The summed E-state index contributed by atoms with van der Waals surface area (Å²) in [6, 6.07) is -0.724. The molecular formula is C13H21N3O5. The first-order valence-electron chi connectivity index (χ1n) is 7.22. The van der Waals surface area contributed by atoms with E-state index in [1.54, 1.807) is 0 Å². The lowest BCUT2D eigenvalue weighted by molar-refractivity contribution is -0.137. The molecule has 3 amide bonds. The molecule has 1 saturated heterocycles. The van der Waals surface area contributed by atoms with Gasteiger partial charge in [-0.05, 0) is 19.3 Å². The molecule has 1 saturated carbocycles. The molecule has 1 atom stereocenters. The molecule has 3 N–H and O–H groups in total. The quantitative estimate of drug-likeness (QED) is 0.575. The predicted molar refractivity (Wildman–Crippen MR) is 72.7 cm³/mol. The number of urea groups is 1. The molecule has 2 fully saturated rings. The lowest BCUT2D eigenvalue weighted by Crippen LogP contribution is -2.58. The Morgan fingerprint density at radius 1 is 1.29 bits per heavy atom. The summed E-state index contributed by atoms with van der Waals surface area (Å²) in [5, 5.41) is 14.1. The monoisotopic (exact) mass is 299 g/mol. The average molecular weight is 299 g/mol. The van der Waals surface area contributed by atoms with Gasteiger partial charge in [0.05, 0.1) is 13.2 Å². The SMILES string of the molecule is O=C(O)CCCNC(=O)N1CCOCC1C(=O)NC1CC1. The van der Waals surface area contributed by atoms with Gasteiger partial charge >= 0.3 is 12.0 Å². The van der Waals surface area contributed by atoms with Crippen LogP contribution in [-0.4, -0.2) is 66.3 Å². The third kappa shape index (κ3) is 4.89. The summed E-state index contributed by atoms with van der Waals surface area (Å²) < 4.78 is 5.28. The van der Waals surface area contributed by atoms with Gasteiger partial charge in [-0.25, -0.2) is 4.79 Å². The Morgan fingerprint density at radius 2 is 2.05 bits per heavy atom. The van der Waals surface area contributed by atoms with Crippen LogP contribution in [0.1, 0.15) is 25.7 Å². The summed E-state index contributed by atoms with van der Waals surface area (Å²) >= 11 is 0. The number of carbonyl (C=O) groups is 3. The Bertz CT molecular complexity index is 411. The number of nitrogens with zero attached hydrogens (tertiary/aromatic N) is 1. The summed E-state index contributed by atoms with van der Waals surface area (Å²) in [6.07, 6.45) is 2.35. The highest BCUT2D eigenvalue weighted by molar-refractivity contribution is 5.87. The Labute approximate surface area is 122 Å². The van der Waals surface area contributed by atoms with Crippen molar-refractivity contribution in [3.05, 3.63) is 0 Å². The molecule has 0 spiro atoms. The molecule has 0 radical (unpaired) electrons. The maximum atomic E-state index is 12.1. The predicted octanol–water partition coefficient (Wildman–Crippen LogP) is -0.460. The molecule has 0 aromatic heterocycles. The van der Waals surface area contributed by atoms with E-state index in [9.17, 15) is 14.4 Å². The third-order valence-corrected chi connectivity index (χ3v) is 3.46. The highest BCUT2D eigenvalue weighted by Gasteiger charge is 2.35. The third-order valence-electron chi connectivity index (χ3n) is 3.46. The lowest BCUT2D eigenvalue weighted by Gasteiger charge is -2.34. The minimum absolute atomic E-state index is 0.00891. The second-order valence-corrected chi connectivity index (χ2v) is 5.30. The fraction of sp³-hybridized carbons (Fsp3) is 0.769. The van der Waals surface area contributed by atoms with Gasteiger partial charge in [0.25, 0.3) is 0 Å². The second-order valence-electron chi connectivity index (χ2n) is 5.30. The zero-order valence-corrected chi connectivity index (χ0v) is 11.8. The van der Waals surface area contributed by atoms with Gasteiger partial charge in [0.2, 0.25) is 5.91 Å². The van der Waals surface area contributed by atoms with Crippen LogP contribution >= 0.6 is 0 Å². The van der Waals surface area contributed by atoms with Crippen LogP contribution in [-0.2, 0) is 14.3 Å². The molecule has 21 heavy (non-hydrogen) atoms. The largest absolute Gasteiger partial charge is 0.481 e. The summed E-state index contributed by atoms with van der Waals surface area (Å²) in [4.78, 5) is 36.0. The standard InChI is InChI=1S/C13H21N3O5/c17-11(18)2-1-5-14-13(20)16-6-7-21-8-10(16)12(19)15-9-3-4-9/h9-10H,1-8H2,(H,14,20)(H,15,19)(H,17,18). The van der Waals surface area contributed by atoms with Crippen molar-refractivity contribution in [1.82, 2.24) is 15.5 Å². The normalized spacial score (nSPS) is 21.7. The number of carbonyl (C=O) groups excluding carboxylic acids is 2. The number of hydrogen-bond donors (Lipinski definition) is 3. The van der Waals surface area contributed by atoms with E-state index in [0.29, 0.717) is 19.6 Å². The minimum atomic E-state index is -0.891. The van der Waals surface area contributed by atoms with E-state index in [1.807, 2.05) is 0 Å². The summed E-state index contributed by atoms with van der Waals surface area (Å²) in [5.74, 6) is -1.07. The van der Waals surface area contributed by atoms with Crippen LogP contribution in [0.15, 0.2) is 0 Å². The Morgan fingerprint density at radius 3 is 2.71 bits per heavy atom. The van der Waals surface area contributed by atoms with Gasteiger partial charge in [0.1, 0.15) is 6.04 Å². The summed E-state index contributed by atoms with van der Waals surface area (Å²) in [6.45, 7) is 1.23. The molecule has 1 unspecified atom stereocenters. The highest BCUT2D eigenvalue weighted by atomic mass is 16.5. The van der Waals surface area contributed by atoms with Crippen LogP contribution in [0.3, 0.4) is 0 Å². The number of hydrogen-bond acceptors (Lipinski definition) is 4. The van der Waals surface area contributed by atoms with Gasteiger partial charge in [-0.3, -0.25) is 9.59 Å². The molecule has 2 aliphatic rings. The second kappa shape index (κ2) is 7.26. The number of carboxylic acid groups (broad SMARTS) is 1. The maximum absolute atomic E-state index is 12.1. The molecule has 2 rings (SSSR count). The van der Waals surface area contributed by atoms with Crippen LogP contribution < -0.4 is 10.6 Å².